The number of halogens is 3. The molecule has 7 heteroatoms. The number of hydrogen-bond acceptors (Lipinski definition) is 2. The summed E-state index contributed by atoms with van der Waals surface area (Å²) in [4.78, 5) is 24.5. The molecule has 0 saturated heterocycles. The Morgan fingerprint density at radius 3 is 2.08 bits per heavy atom. The molecule has 0 aliphatic heterocycles. The van der Waals surface area contributed by atoms with Crippen LogP contribution in [0.3, 0.4) is 0 Å². The second kappa shape index (κ2) is 7.01. The van der Waals surface area contributed by atoms with Gasteiger partial charge in [0.1, 0.15) is 0 Å². The summed E-state index contributed by atoms with van der Waals surface area (Å²) in [5.74, 6) is -1.24. The van der Waals surface area contributed by atoms with Crippen molar-refractivity contribution in [1.82, 2.24) is 0 Å². The maximum atomic E-state index is 12.3. The molecule has 3 rings (SSSR count). The molecular weight excluding hydrogens is 371 g/mol. The van der Waals surface area contributed by atoms with Gasteiger partial charge in [0.05, 0.1) is 33.3 Å². The van der Waals surface area contributed by atoms with Gasteiger partial charge in [0.2, 0.25) is 11.8 Å². The van der Waals surface area contributed by atoms with Gasteiger partial charge < -0.3 is 10.6 Å². The van der Waals surface area contributed by atoms with Crippen LogP contribution in [0.4, 0.5) is 11.4 Å². The first-order valence-corrected chi connectivity index (χ1v) is 8.40. The van der Waals surface area contributed by atoms with Gasteiger partial charge in [-0.1, -0.05) is 46.9 Å². The van der Waals surface area contributed by atoms with Crippen molar-refractivity contribution in [3.8, 4) is 0 Å². The predicted octanol–water partition coefficient (Wildman–Crippen LogP) is 4.86. The summed E-state index contributed by atoms with van der Waals surface area (Å²) in [5, 5.41) is 6.78. The first kappa shape index (κ1) is 17.1. The molecule has 0 spiro atoms. The summed E-state index contributed by atoms with van der Waals surface area (Å²) in [7, 11) is 0. The lowest BCUT2D eigenvalue weighted by atomic mass is 10.2. The lowest BCUT2D eigenvalue weighted by molar-refractivity contribution is -0.122. The van der Waals surface area contributed by atoms with Crippen LogP contribution in [0.15, 0.2) is 42.5 Å². The number of para-hydroxylation sites is 1. The number of rotatable bonds is 4. The van der Waals surface area contributed by atoms with E-state index in [9.17, 15) is 9.59 Å². The monoisotopic (exact) mass is 382 g/mol. The molecule has 1 fully saturated rings. The highest BCUT2D eigenvalue weighted by Gasteiger charge is 2.48. The Hall–Kier alpha value is -1.75. The van der Waals surface area contributed by atoms with Crippen molar-refractivity contribution in [2.45, 2.75) is 6.42 Å². The average Bonchev–Trinajstić information content (AvgIpc) is 3.34. The van der Waals surface area contributed by atoms with Crippen molar-refractivity contribution in [3.05, 3.63) is 57.5 Å². The van der Waals surface area contributed by atoms with E-state index in [-0.39, 0.29) is 23.7 Å². The average molecular weight is 384 g/mol. The summed E-state index contributed by atoms with van der Waals surface area (Å²) in [5.41, 5.74) is 0.972. The van der Waals surface area contributed by atoms with Crippen molar-refractivity contribution in [3.63, 3.8) is 0 Å². The summed E-state index contributed by atoms with van der Waals surface area (Å²) in [6.45, 7) is 0. The van der Waals surface area contributed by atoms with E-state index in [1.165, 1.54) is 0 Å². The SMILES string of the molecule is O=C(Nc1ccccc1Cl)C1CC1C(=O)Nc1cc(Cl)ccc1Cl. The first-order chi connectivity index (χ1) is 11.5. The zero-order chi connectivity index (χ0) is 17.3. The molecule has 4 nitrogen and oxygen atoms in total. The van der Waals surface area contributed by atoms with Crippen LogP contribution in [0.25, 0.3) is 0 Å². The highest BCUT2D eigenvalue weighted by Crippen LogP contribution is 2.41. The molecule has 0 aromatic heterocycles. The normalized spacial score (nSPS) is 18.8. The summed E-state index contributed by atoms with van der Waals surface area (Å²) >= 11 is 17.9. The number of amides is 2. The third-order valence-corrected chi connectivity index (χ3v) is 4.68. The fourth-order valence-electron chi connectivity index (χ4n) is 2.38. The van der Waals surface area contributed by atoms with Crippen LogP contribution in [0.5, 0.6) is 0 Å². The van der Waals surface area contributed by atoms with Crippen molar-refractivity contribution in [1.29, 1.82) is 0 Å². The minimum absolute atomic E-state index is 0.222. The van der Waals surface area contributed by atoms with Gasteiger partial charge >= 0.3 is 0 Å². The molecule has 2 unspecified atom stereocenters. The number of benzene rings is 2. The molecule has 1 aliphatic rings. The van der Waals surface area contributed by atoms with Gasteiger partial charge in [0.25, 0.3) is 0 Å². The largest absolute Gasteiger partial charge is 0.325 e. The molecule has 2 aromatic rings. The fraction of sp³-hybridized carbons (Fsp3) is 0.176. The third kappa shape index (κ3) is 3.83. The van der Waals surface area contributed by atoms with E-state index in [1.54, 1.807) is 42.5 Å². The van der Waals surface area contributed by atoms with Crippen LogP contribution >= 0.6 is 34.8 Å². The minimum atomic E-state index is -0.387. The van der Waals surface area contributed by atoms with Crippen LogP contribution in [0.2, 0.25) is 15.1 Å². The Bertz CT molecular complexity index is 810. The van der Waals surface area contributed by atoms with Gasteiger partial charge in [-0.3, -0.25) is 9.59 Å². The van der Waals surface area contributed by atoms with E-state index < -0.39 is 0 Å². The number of hydrogen-bond donors (Lipinski definition) is 2. The molecule has 24 heavy (non-hydrogen) atoms. The van der Waals surface area contributed by atoms with E-state index in [2.05, 4.69) is 10.6 Å². The Labute approximate surface area is 154 Å². The molecular formula is C17H13Cl3N2O2. The van der Waals surface area contributed by atoms with Crippen molar-refractivity contribution in [2.24, 2.45) is 11.8 Å². The number of nitrogens with one attached hydrogen (secondary N) is 2. The number of anilines is 2. The quantitative estimate of drug-likeness (QED) is 0.792. The second-order valence-electron chi connectivity index (χ2n) is 5.53. The molecule has 2 aromatic carbocycles. The lowest BCUT2D eigenvalue weighted by Gasteiger charge is -2.08. The van der Waals surface area contributed by atoms with E-state index >= 15 is 0 Å². The van der Waals surface area contributed by atoms with Gasteiger partial charge in [-0.2, -0.15) is 0 Å². The smallest absolute Gasteiger partial charge is 0.228 e. The van der Waals surface area contributed by atoms with Crippen LogP contribution in [0, 0.1) is 11.8 Å². The first-order valence-electron chi connectivity index (χ1n) is 7.27. The fourth-order valence-corrected chi connectivity index (χ4v) is 2.90. The molecule has 1 aliphatic carbocycles. The number of carbonyl (C=O) groups excluding carboxylic acids is 2. The van der Waals surface area contributed by atoms with Crippen LogP contribution < -0.4 is 10.6 Å². The maximum Gasteiger partial charge on any atom is 0.228 e. The van der Waals surface area contributed by atoms with Crippen LogP contribution in [-0.4, -0.2) is 11.8 Å². The lowest BCUT2D eigenvalue weighted by Crippen LogP contribution is -2.20. The standard InChI is InChI=1S/C17H13Cl3N2O2/c18-9-5-6-13(20)15(7-9)22-17(24)11-8-10(11)16(23)21-14-4-2-1-3-12(14)19/h1-7,10-11H,8H2,(H,21,23)(H,22,24). The Morgan fingerprint density at radius 2 is 1.42 bits per heavy atom. The van der Waals surface area contributed by atoms with Crippen molar-refractivity contribution < 1.29 is 9.59 Å². The van der Waals surface area contributed by atoms with Gasteiger partial charge in [0.15, 0.2) is 0 Å². The summed E-state index contributed by atoms with van der Waals surface area (Å²) in [6.07, 6.45) is 0.486. The Morgan fingerprint density at radius 1 is 0.833 bits per heavy atom. The molecule has 124 valence electrons. The van der Waals surface area contributed by atoms with E-state index in [4.69, 9.17) is 34.8 Å². The zero-order valence-electron chi connectivity index (χ0n) is 12.4. The van der Waals surface area contributed by atoms with Crippen LogP contribution in [0.1, 0.15) is 6.42 Å². The van der Waals surface area contributed by atoms with Crippen molar-refractivity contribution >= 4 is 58.0 Å². The molecule has 0 radical (unpaired) electrons. The van der Waals surface area contributed by atoms with Gasteiger partial charge in [-0.15, -0.1) is 0 Å². The summed E-state index contributed by atoms with van der Waals surface area (Å²) < 4.78 is 0. The van der Waals surface area contributed by atoms with E-state index in [1.807, 2.05) is 0 Å². The number of carbonyl (C=O) groups is 2. The molecule has 2 atom stereocenters. The van der Waals surface area contributed by atoms with Crippen LogP contribution in [-0.2, 0) is 9.59 Å². The zero-order valence-corrected chi connectivity index (χ0v) is 14.6. The molecule has 0 bridgehead atoms. The Kier molecular flexibility index (Phi) is 4.99. The van der Waals surface area contributed by atoms with Gasteiger partial charge in [-0.25, -0.2) is 0 Å². The predicted molar refractivity (Wildman–Crippen MR) is 96.8 cm³/mol. The van der Waals surface area contributed by atoms with Gasteiger partial charge in [0, 0.05) is 5.02 Å². The third-order valence-electron chi connectivity index (χ3n) is 3.78. The van der Waals surface area contributed by atoms with Crippen molar-refractivity contribution in [2.75, 3.05) is 10.6 Å². The minimum Gasteiger partial charge on any atom is -0.325 e. The topological polar surface area (TPSA) is 58.2 Å². The van der Waals surface area contributed by atoms with Gasteiger partial charge in [-0.05, 0) is 36.8 Å². The second-order valence-corrected chi connectivity index (χ2v) is 6.78. The molecule has 1 saturated carbocycles. The summed E-state index contributed by atoms with van der Waals surface area (Å²) in [6, 6.07) is 11.8. The molecule has 2 N–H and O–H groups in total. The van der Waals surface area contributed by atoms with E-state index in [0.29, 0.717) is 32.9 Å². The maximum absolute atomic E-state index is 12.3. The highest BCUT2D eigenvalue weighted by atomic mass is 35.5. The highest BCUT2D eigenvalue weighted by molar-refractivity contribution is 6.36. The Balaban J connectivity index is 1.60. The molecule has 0 heterocycles. The van der Waals surface area contributed by atoms with E-state index in [0.717, 1.165) is 0 Å². The molecule has 2 amide bonds.